The number of ether oxygens (including phenoxy) is 1. The molecule has 0 saturated heterocycles. The molecule has 2 N–H and O–H groups in total. The number of rotatable bonds is 4. The Kier molecular flexibility index (Phi) is 4.05. The van der Waals surface area contributed by atoms with Gasteiger partial charge in [0, 0.05) is 18.2 Å². The number of H-pyrrole nitrogens is 2. The van der Waals surface area contributed by atoms with E-state index in [-0.39, 0.29) is 5.75 Å². The molecule has 0 atom stereocenters. The highest BCUT2D eigenvalue weighted by molar-refractivity contribution is 5.36. The van der Waals surface area contributed by atoms with Gasteiger partial charge >= 0.3 is 5.69 Å². The molecule has 3 aromatic rings. The van der Waals surface area contributed by atoms with E-state index in [9.17, 15) is 14.0 Å². The second-order valence-corrected chi connectivity index (χ2v) is 4.95. The molecular weight excluding hydrogens is 299 g/mol. The van der Waals surface area contributed by atoms with Crippen molar-refractivity contribution >= 4 is 0 Å². The Morgan fingerprint density at radius 1 is 1.04 bits per heavy atom. The summed E-state index contributed by atoms with van der Waals surface area (Å²) in [6, 6.07) is 13.1. The van der Waals surface area contributed by atoms with Gasteiger partial charge in [-0.25, -0.2) is 9.18 Å². The van der Waals surface area contributed by atoms with E-state index < -0.39 is 17.1 Å². The van der Waals surface area contributed by atoms with Crippen molar-refractivity contribution in [2.45, 2.75) is 6.42 Å². The van der Waals surface area contributed by atoms with E-state index in [4.69, 9.17) is 4.74 Å². The Labute approximate surface area is 130 Å². The van der Waals surface area contributed by atoms with E-state index in [2.05, 4.69) is 9.97 Å². The number of aromatic amines is 2. The summed E-state index contributed by atoms with van der Waals surface area (Å²) in [5.41, 5.74) is 0.244. The lowest BCUT2D eigenvalue weighted by Gasteiger charge is -2.08. The molecule has 23 heavy (non-hydrogen) atoms. The standard InChI is InChI=1S/C17H13FN2O3/c18-14-6-1-2-7-15(14)23-13-5-3-4-11(9-13)8-12-10-19-17(22)20-16(12)21/h1-7,9-10H,8H2,(H2,19,20,21,22). The van der Waals surface area contributed by atoms with Crippen LogP contribution in [-0.4, -0.2) is 9.97 Å². The van der Waals surface area contributed by atoms with E-state index in [0.29, 0.717) is 17.7 Å². The molecule has 0 aliphatic carbocycles. The Bertz CT molecular complexity index is 947. The van der Waals surface area contributed by atoms with Crippen LogP contribution in [0.15, 0.2) is 64.3 Å². The second kappa shape index (κ2) is 6.31. The predicted octanol–water partition coefficient (Wildman–Crippen LogP) is 2.59. The van der Waals surface area contributed by atoms with Crippen molar-refractivity contribution in [1.82, 2.24) is 9.97 Å². The molecule has 0 fully saturated rings. The number of benzene rings is 2. The highest BCUT2D eigenvalue weighted by Crippen LogP contribution is 2.25. The number of nitrogens with one attached hydrogen (secondary N) is 2. The van der Waals surface area contributed by atoms with Gasteiger partial charge in [0.2, 0.25) is 0 Å². The van der Waals surface area contributed by atoms with Crippen LogP contribution in [0.25, 0.3) is 0 Å². The summed E-state index contributed by atoms with van der Waals surface area (Å²) in [6.45, 7) is 0. The first-order valence-corrected chi connectivity index (χ1v) is 6.94. The van der Waals surface area contributed by atoms with Gasteiger partial charge in [-0.05, 0) is 29.8 Å². The van der Waals surface area contributed by atoms with E-state index in [1.807, 2.05) is 6.07 Å². The summed E-state index contributed by atoms with van der Waals surface area (Å²) < 4.78 is 19.1. The molecule has 0 aliphatic rings. The van der Waals surface area contributed by atoms with Gasteiger partial charge in [0.05, 0.1) is 0 Å². The van der Waals surface area contributed by atoms with Gasteiger partial charge in [0.1, 0.15) is 5.75 Å². The highest BCUT2D eigenvalue weighted by Gasteiger charge is 2.06. The monoisotopic (exact) mass is 312 g/mol. The number of halogens is 1. The minimum Gasteiger partial charge on any atom is -0.454 e. The van der Waals surface area contributed by atoms with Crippen LogP contribution < -0.4 is 16.0 Å². The number of hydrogen-bond acceptors (Lipinski definition) is 3. The van der Waals surface area contributed by atoms with Crippen molar-refractivity contribution in [2.75, 3.05) is 0 Å². The maximum atomic E-state index is 13.6. The van der Waals surface area contributed by atoms with Crippen molar-refractivity contribution in [3.63, 3.8) is 0 Å². The molecule has 6 heteroatoms. The summed E-state index contributed by atoms with van der Waals surface area (Å²) in [4.78, 5) is 27.3. The second-order valence-electron chi connectivity index (χ2n) is 4.95. The topological polar surface area (TPSA) is 75.0 Å². The van der Waals surface area contributed by atoms with Crippen LogP contribution in [0.1, 0.15) is 11.1 Å². The number of aromatic nitrogens is 2. The first-order chi connectivity index (χ1) is 11.1. The molecule has 0 radical (unpaired) electrons. The van der Waals surface area contributed by atoms with Gasteiger partial charge in [-0.3, -0.25) is 9.78 Å². The third-order valence-corrected chi connectivity index (χ3v) is 3.25. The lowest BCUT2D eigenvalue weighted by Crippen LogP contribution is -2.24. The van der Waals surface area contributed by atoms with Crippen LogP contribution in [0.4, 0.5) is 4.39 Å². The Morgan fingerprint density at radius 3 is 2.65 bits per heavy atom. The summed E-state index contributed by atoms with van der Waals surface area (Å²) in [7, 11) is 0. The summed E-state index contributed by atoms with van der Waals surface area (Å²) in [5, 5.41) is 0. The van der Waals surface area contributed by atoms with Gasteiger partial charge in [-0.2, -0.15) is 0 Å². The zero-order valence-electron chi connectivity index (χ0n) is 12.0. The van der Waals surface area contributed by atoms with Crippen LogP contribution >= 0.6 is 0 Å². The van der Waals surface area contributed by atoms with Gasteiger partial charge in [-0.15, -0.1) is 0 Å². The summed E-state index contributed by atoms with van der Waals surface area (Å²) >= 11 is 0. The van der Waals surface area contributed by atoms with Gasteiger partial charge < -0.3 is 9.72 Å². The minimum atomic E-state index is -0.546. The summed E-state index contributed by atoms with van der Waals surface area (Å²) in [6.07, 6.45) is 1.70. The van der Waals surface area contributed by atoms with E-state index in [1.165, 1.54) is 18.3 Å². The van der Waals surface area contributed by atoms with Crippen LogP contribution in [-0.2, 0) is 6.42 Å². The Hall–Kier alpha value is -3.15. The van der Waals surface area contributed by atoms with E-state index in [0.717, 1.165) is 5.56 Å². The van der Waals surface area contributed by atoms with E-state index >= 15 is 0 Å². The lowest BCUT2D eigenvalue weighted by molar-refractivity contribution is 0.442. The SMILES string of the molecule is O=c1[nH]cc(Cc2cccc(Oc3ccccc3F)c2)c(=O)[nH]1. The van der Waals surface area contributed by atoms with Crippen LogP contribution in [0.2, 0.25) is 0 Å². The number of hydrogen-bond donors (Lipinski definition) is 2. The maximum absolute atomic E-state index is 13.6. The van der Waals surface area contributed by atoms with Crippen LogP contribution in [0, 0.1) is 5.82 Å². The van der Waals surface area contributed by atoms with Crippen molar-refractivity contribution in [2.24, 2.45) is 0 Å². The zero-order chi connectivity index (χ0) is 16.2. The average Bonchev–Trinajstić information content (AvgIpc) is 2.53. The van der Waals surface area contributed by atoms with Crippen molar-refractivity contribution in [1.29, 1.82) is 0 Å². The smallest absolute Gasteiger partial charge is 0.325 e. The third-order valence-electron chi connectivity index (χ3n) is 3.25. The largest absolute Gasteiger partial charge is 0.454 e. The minimum absolute atomic E-state index is 0.131. The number of para-hydroxylation sites is 1. The lowest BCUT2D eigenvalue weighted by atomic mass is 10.1. The molecular formula is C17H13FN2O3. The predicted molar refractivity (Wildman–Crippen MR) is 83.4 cm³/mol. The first-order valence-electron chi connectivity index (χ1n) is 6.94. The van der Waals surface area contributed by atoms with Crippen LogP contribution in [0.5, 0.6) is 11.5 Å². The molecule has 2 aromatic carbocycles. The van der Waals surface area contributed by atoms with Gasteiger partial charge in [-0.1, -0.05) is 24.3 Å². The molecule has 116 valence electrons. The third kappa shape index (κ3) is 3.55. The van der Waals surface area contributed by atoms with E-state index in [1.54, 1.807) is 30.3 Å². The fourth-order valence-corrected chi connectivity index (χ4v) is 2.16. The maximum Gasteiger partial charge on any atom is 0.325 e. The van der Waals surface area contributed by atoms with Gasteiger partial charge in [0.15, 0.2) is 11.6 Å². The molecule has 1 heterocycles. The highest BCUT2D eigenvalue weighted by atomic mass is 19.1. The molecule has 5 nitrogen and oxygen atoms in total. The first kappa shape index (κ1) is 14.8. The Morgan fingerprint density at radius 2 is 1.87 bits per heavy atom. The molecule has 0 saturated carbocycles. The zero-order valence-corrected chi connectivity index (χ0v) is 12.0. The average molecular weight is 312 g/mol. The molecule has 1 aromatic heterocycles. The molecule has 0 amide bonds. The molecule has 3 rings (SSSR count). The molecule has 0 aliphatic heterocycles. The normalized spacial score (nSPS) is 10.5. The van der Waals surface area contributed by atoms with Crippen molar-refractivity contribution in [3.05, 3.63) is 92.5 Å². The van der Waals surface area contributed by atoms with Gasteiger partial charge in [0.25, 0.3) is 5.56 Å². The van der Waals surface area contributed by atoms with Crippen molar-refractivity contribution < 1.29 is 9.13 Å². The fourth-order valence-electron chi connectivity index (χ4n) is 2.16. The molecule has 0 unspecified atom stereocenters. The van der Waals surface area contributed by atoms with Crippen LogP contribution in [0.3, 0.4) is 0 Å². The molecule has 0 bridgehead atoms. The molecule has 0 spiro atoms. The summed E-state index contributed by atoms with van der Waals surface area (Å²) in [5.74, 6) is 0.148. The fraction of sp³-hybridized carbons (Fsp3) is 0.0588. The van der Waals surface area contributed by atoms with Crippen molar-refractivity contribution in [3.8, 4) is 11.5 Å². The Balaban J connectivity index is 1.84. The quantitative estimate of drug-likeness (QED) is 0.777.